The standard InChI is InChI=1S/C22H28ClNO2/c1-7-20(19-9-8-13(2)10-14(19)3)24-22(25)17(6)26-18-11-15(4)21(23)16(5)12-18/h8-12,17,20H,7H2,1-6H3,(H,24,25)/t17-,20-/m0/s1. The summed E-state index contributed by atoms with van der Waals surface area (Å²) in [5, 5.41) is 3.85. The molecule has 140 valence electrons. The van der Waals surface area contributed by atoms with Crippen molar-refractivity contribution in [2.75, 3.05) is 0 Å². The third kappa shape index (κ3) is 4.79. The molecule has 0 radical (unpaired) electrons. The van der Waals surface area contributed by atoms with Crippen molar-refractivity contribution in [2.45, 2.75) is 60.1 Å². The first kappa shape index (κ1) is 20.3. The third-order valence-electron chi connectivity index (χ3n) is 4.62. The molecule has 2 rings (SSSR count). The van der Waals surface area contributed by atoms with Crippen molar-refractivity contribution < 1.29 is 9.53 Å². The number of halogens is 1. The molecule has 0 bridgehead atoms. The van der Waals surface area contributed by atoms with E-state index in [1.165, 1.54) is 11.1 Å². The first-order chi connectivity index (χ1) is 12.2. The smallest absolute Gasteiger partial charge is 0.261 e. The van der Waals surface area contributed by atoms with E-state index >= 15 is 0 Å². The lowest BCUT2D eigenvalue weighted by Crippen LogP contribution is -2.38. The monoisotopic (exact) mass is 373 g/mol. The molecule has 0 spiro atoms. The second-order valence-electron chi connectivity index (χ2n) is 6.96. The van der Waals surface area contributed by atoms with Crippen molar-refractivity contribution in [3.05, 3.63) is 63.2 Å². The van der Waals surface area contributed by atoms with Gasteiger partial charge in [0.15, 0.2) is 6.10 Å². The molecular weight excluding hydrogens is 346 g/mol. The maximum absolute atomic E-state index is 12.6. The normalized spacial score (nSPS) is 13.2. The Kier molecular flexibility index (Phi) is 6.71. The van der Waals surface area contributed by atoms with Gasteiger partial charge in [-0.25, -0.2) is 0 Å². The highest BCUT2D eigenvalue weighted by molar-refractivity contribution is 6.32. The van der Waals surface area contributed by atoms with Crippen molar-refractivity contribution in [3.8, 4) is 5.75 Å². The van der Waals surface area contributed by atoms with E-state index in [0.717, 1.165) is 28.1 Å². The van der Waals surface area contributed by atoms with Crippen LogP contribution in [0.15, 0.2) is 30.3 Å². The number of hydrogen-bond donors (Lipinski definition) is 1. The Labute approximate surface area is 161 Å². The molecule has 1 N–H and O–H groups in total. The lowest BCUT2D eigenvalue weighted by molar-refractivity contribution is -0.128. The average molecular weight is 374 g/mol. The molecule has 26 heavy (non-hydrogen) atoms. The number of aryl methyl sites for hydroxylation is 4. The molecule has 2 aromatic rings. The Morgan fingerprint density at radius 2 is 1.69 bits per heavy atom. The van der Waals surface area contributed by atoms with Crippen LogP contribution in [0.5, 0.6) is 5.75 Å². The van der Waals surface area contributed by atoms with Crippen LogP contribution in [-0.2, 0) is 4.79 Å². The fourth-order valence-electron chi connectivity index (χ4n) is 3.14. The Morgan fingerprint density at radius 3 is 2.23 bits per heavy atom. The van der Waals surface area contributed by atoms with Gasteiger partial charge in [-0.2, -0.15) is 0 Å². The molecule has 1 amide bonds. The van der Waals surface area contributed by atoms with Gasteiger partial charge in [-0.05, 0) is 75.4 Å². The van der Waals surface area contributed by atoms with Crippen LogP contribution in [0.25, 0.3) is 0 Å². The number of ether oxygens (including phenoxy) is 1. The minimum absolute atomic E-state index is 0.0251. The van der Waals surface area contributed by atoms with Crippen molar-refractivity contribution in [3.63, 3.8) is 0 Å². The number of rotatable bonds is 6. The SMILES string of the molecule is CC[C@H](NC(=O)[C@H](C)Oc1cc(C)c(Cl)c(C)c1)c1ccc(C)cc1C. The van der Waals surface area contributed by atoms with Gasteiger partial charge in [-0.1, -0.05) is 42.3 Å². The van der Waals surface area contributed by atoms with Gasteiger partial charge in [0.2, 0.25) is 0 Å². The molecule has 0 aliphatic carbocycles. The second-order valence-corrected chi connectivity index (χ2v) is 7.34. The van der Waals surface area contributed by atoms with E-state index in [1.54, 1.807) is 6.92 Å². The summed E-state index contributed by atoms with van der Waals surface area (Å²) in [6, 6.07) is 10.0. The maximum Gasteiger partial charge on any atom is 0.261 e. The highest BCUT2D eigenvalue weighted by Crippen LogP contribution is 2.27. The summed E-state index contributed by atoms with van der Waals surface area (Å²) in [4.78, 5) is 12.6. The summed E-state index contributed by atoms with van der Waals surface area (Å²) in [5.74, 6) is 0.536. The Hall–Kier alpha value is -2.00. The zero-order valence-corrected chi connectivity index (χ0v) is 17.2. The van der Waals surface area contributed by atoms with Gasteiger partial charge in [0.1, 0.15) is 5.75 Å². The Balaban J connectivity index is 2.10. The van der Waals surface area contributed by atoms with Crippen molar-refractivity contribution in [2.24, 2.45) is 0 Å². The molecule has 0 aromatic heterocycles. The summed E-state index contributed by atoms with van der Waals surface area (Å²) in [5.41, 5.74) is 5.44. The molecule has 0 saturated carbocycles. The van der Waals surface area contributed by atoms with Crippen molar-refractivity contribution in [1.82, 2.24) is 5.32 Å². The zero-order chi connectivity index (χ0) is 19.4. The van der Waals surface area contributed by atoms with E-state index in [-0.39, 0.29) is 11.9 Å². The molecule has 0 aliphatic rings. The van der Waals surface area contributed by atoms with Gasteiger partial charge in [0.25, 0.3) is 5.91 Å². The van der Waals surface area contributed by atoms with E-state index in [0.29, 0.717) is 5.75 Å². The van der Waals surface area contributed by atoms with Crippen LogP contribution in [0.4, 0.5) is 0 Å². The molecule has 2 atom stereocenters. The minimum Gasteiger partial charge on any atom is -0.481 e. The second kappa shape index (κ2) is 8.59. The number of amides is 1. The van der Waals surface area contributed by atoms with E-state index in [4.69, 9.17) is 16.3 Å². The molecule has 3 nitrogen and oxygen atoms in total. The molecule has 0 heterocycles. The number of carbonyl (C=O) groups is 1. The lowest BCUT2D eigenvalue weighted by atomic mass is 9.97. The highest BCUT2D eigenvalue weighted by Gasteiger charge is 2.20. The van der Waals surface area contributed by atoms with Crippen molar-refractivity contribution >= 4 is 17.5 Å². The molecule has 0 fully saturated rings. The van der Waals surface area contributed by atoms with Gasteiger partial charge >= 0.3 is 0 Å². The maximum atomic E-state index is 12.6. The van der Waals surface area contributed by atoms with E-state index in [2.05, 4.69) is 44.3 Å². The van der Waals surface area contributed by atoms with E-state index in [1.807, 2.05) is 26.0 Å². The zero-order valence-electron chi connectivity index (χ0n) is 16.4. The molecule has 0 aliphatic heterocycles. The number of carbonyl (C=O) groups excluding carboxylic acids is 1. The first-order valence-electron chi connectivity index (χ1n) is 9.03. The topological polar surface area (TPSA) is 38.3 Å². The minimum atomic E-state index is -0.588. The van der Waals surface area contributed by atoms with Gasteiger partial charge in [0.05, 0.1) is 6.04 Å². The number of nitrogens with one attached hydrogen (secondary N) is 1. The average Bonchev–Trinajstić information content (AvgIpc) is 2.57. The van der Waals surface area contributed by atoms with Gasteiger partial charge < -0.3 is 10.1 Å². The lowest BCUT2D eigenvalue weighted by Gasteiger charge is -2.23. The summed E-state index contributed by atoms with van der Waals surface area (Å²) < 4.78 is 5.85. The molecule has 2 aromatic carbocycles. The Morgan fingerprint density at radius 1 is 1.08 bits per heavy atom. The van der Waals surface area contributed by atoms with Crippen LogP contribution >= 0.6 is 11.6 Å². The van der Waals surface area contributed by atoms with Crippen LogP contribution in [0.1, 0.15) is 54.1 Å². The fourth-order valence-corrected chi connectivity index (χ4v) is 3.25. The molecule has 0 unspecified atom stereocenters. The van der Waals surface area contributed by atoms with E-state index < -0.39 is 6.10 Å². The van der Waals surface area contributed by atoms with Gasteiger partial charge in [-0.3, -0.25) is 4.79 Å². The molecule has 0 saturated heterocycles. The van der Waals surface area contributed by atoms with Crippen LogP contribution in [0.2, 0.25) is 5.02 Å². The molecular formula is C22H28ClNO2. The summed E-state index contributed by atoms with van der Waals surface area (Å²) >= 11 is 6.20. The summed E-state index contributed by atoms with van der Waals surface area (Å²) in [6.07, 6.45) is 0.233. The Bertz CT molecular complexity index is 778. The summed E-state index contributed by atoms with van der Waals surface area (Å²) in [7, 11) is 0. The highest BCUT2D eigenvalue weighted by atomic mass is 35.5. The van der Waals surface area contributed by atoms with Crippen LogP contribution in [0.3, 0.4) is 0 Å². The van der Waals surface area contributed by atoms with Crippen LogP contribution in [0, 0.1) is 27.7 Å². The van der Waals surface area contributed by atoms with Crippen LogP contribution < -0.4 is 10.1 Å². The summed E-state index contributed by atoms with van der Waals surface area (Å²) in [6.45, 7) is 11.9. The fraction of sp³-hybridized carbons (Fsp3) is 0.409. The van der Waals surface area contributed by atoms with Gasteiger partial charge in [0, 0.05) is 5.02 Å². The van der Waals surface area contributed by atoms with Crippen LogP contribution in [-0.4, -0.2) is 12.0 Å². The van der Waals surface area contributed by atoms with E-state index in [9.17, 15) is 4.79 Å². The first-order valence-corrected chi connectivity index (χ1v) is 9.41. The largest absolute Gasteiger partial charge is 0.481 e. The van der Waals surface area contributed by atoms with Crippen molar-refractivity contribution in [1.29, 1.82) is 0 Å². The third-order valence-corrected chi connectivity index (χ3v) is 5.21. The predicted octanol–water partition coefficient (Wildman–Crippen LogP) is 5.61. The number of hydrogen-bond acceptors (Lipinski definition) is 2. The van der Waals surface area contributed by atoms with Gasteiger partial charge in [-0.15, -0.1) is 0 Å². The number of benzene rings is 2. The quantitative estimate of drug-likeness (QED) is 0.714. The molecule has 4 heteroatoms. The predicted molar refractivity (Wildman–Crippen MR) is 108 cm³/mol.